The van der Waals surface area contributed by atoms with Crippen molar-refractivity contribution in [2.45, 2.75) is 13.8 Å². The Bertz CT molecular complexity index is 811. The summed E-state index contributed by atoms with van der Waals surface area (Å²) in [6.45, 7) is 4.62. The first-order valence-corrected chi connectivity index (χ1v) is 8.39. The third kappa shape index (κ3) is 5.03. The van der Waals surface area contributed by atoms with Gasteiger partial charge in [-0.25, -0.2) is 0 Å². The molecule has 0 aliphatic carbocycles. The molecule has 0 atom stereocenters. The van der Waals surface area contributed by atoms with Crippen molar-refractivity contribution in [1.82, 2.24) is 0 Å². The molecule has 0 radical (unpaired) electrons. The number of nitrogens with one attached hydrogen (secondary N) is 2. The molecule has 7 nitrogen and oxygen atoms in total. The molecule has 0 spiro atoms. The Morgan fingerprint density at radius 3 is 2.27 bits per heavy atom. The fraction of sp³-hybridized carbons (Fsp3) is 0.222. The number of hydrogen-bond donors (Lipinski definition) is 3. The van der Waals surface area contributed by atoms with Crippen molar-refractivity contribution in [3.05, 3.63) is 41.4 Å². The monoisotopic (exact) mass is 377 g/mol. The number of nitrogen functional groups attached to an aromatic ring is 1. The highest BCUT2D eigenvalue weighted by molar-refractivity contribution is 6.44. The zero-order valence-electron chi connectivity index (χ0n) is 14.5. The van der Waals surface area contributed by atoms with Gasteiger partial charge in [0.05, 0.1) is 23.9 Å². The summed E-state index contributed by atoms with van der Waals surface area (Å²) in [6.07, 6.45) is 0. The lowest BCUT2D eigenvalue weighted by molar-refractivity contribution is -0.132. The molecule has 0 heterocycles. The molecule has 4 N–H and O–H groups in total. The average molecular weight is 378 g/mol. The molecule has 2 aromatic rings. The maximum absolute atomic E-state index is 12.1. The first-order chi connectivity index (χ1) is 12.4. The molecule has 0 saturated heterocycles. The molecule has 0 unspecified atom stereocenters. The summed E-state index contributed by atoms with van der Waals surface area (Å²) in [6, 6.07) is 9.45. The van der Waals surface area contributed by atoms with Crippen LogP contribution < -0.4 is 25.8 Å². The van der Waals surface area contributed by atoms with Crippen LogP contribution in [0.3, 0.4) is 0 Å². The smallest absolute Gasteiger partial charge is 0.314 e. The lowest BCUT2D eigenvalue weighted by Crippen LogP contribution is -2.29. The van der Waals surface area contributed by atoms with Gasteiger partial charge in [-0.15, -0.1) is 0 Å². The zero-order chi connectivity index (χ0) is 19.1. The van der Waals surface area contributed by atoms with Crippen molar-refractivity contribution in [2.24, 2.45) is 0 Å². The van der Waals surface area contributed by atoms with E-state index >= 15 is 0 Å². The van der Waals surface area contributed by atoms with Crippen LogP contribution in [0.4, 0.5) is 17.1 Å². The zero-order valence-corrected chi connectivity index (χ0v) is 15.2. The number of carbonyl (C=O) groups excluding carboxylic acids is 2. The van der Waals surface area contributed by atoms with E-state index in [0.717, 1.165) is 0 Å². The van der Waals surface area contributed by atoms with Crippen LogP contribution in [0.1, 0.15) is 13.8 Å². The summed E-state index contributed by atoms with van der Waals surface area (Å²) in [4.78, 5) is 24.2. The van der Waals surface area contributed by atoms with Gasteiger partial charge in [0.25, 0.3) is 0 Å². The van der Waals surface area contributed by atoms with Crippen LogP contribution in [0.15, 0.2) is 36.4 Å². The molecule has 2 aromatic carbocycles. The van der Waals surface area contributed by atoms with Crippen molar-refractivity contribution in [1.29, 1.82) is 0 Å². The van der Waals surface area contributed by atoms with Crippen LogP contribution in [0.25, 0.3) is 0 Å². The maximum Gasteiger partial charge on any atom is 0.314 e. The Kier molecular flexibility index (Phi) is 6.68. The largest absolute Gasteiger partial charge is 0.490 e. The summed E-state index contributed by atoms with van der Waals surface area (Å²) in [5.41, 5.74) is 6.75. The molecule has 0 saturated carbocycles. The number of nitrogens with two attached hydrogens (primary N) is 1. The van der Waals surface area contributed by atoms with Crippen LogP contribution in [0.2, 0.25) is 5.02 Å². The molecule has 0 aliphatic heterocycles. The highest BCUT2D eigenvalue weighted by atomic mass is 35.5. The Labute approximate surface area is 156 Å². The van der Waals surface area contributed by atoms with Crippen molar-refractivity contribution in [2.75, 3.05) is 29.6 Å². The Balaban J connectivity index is 2.08. The lowest BCUT2D eigenvalue weighted by atomic mass is 10.2. The van der Waals surface area contributed by atoms with E-state index in [4.69, 9.17) is 26.8 Å². The van der Waals surface area contributed by atoms with Gasteiger partial charge < -0.3 is 25.8 Å². The Morgan fingerprint density at radius 1 is 0.962 bits per heavy atom. The summed E-state index contributed by atoms with van der Waals surface area (Å²) in [5, 5.41) is 5.18. The van der Waals surface area contributed by atoms with Crippen molar-refractivity contribution in [3.8, 4) is 11.5 Å². The van der Waals surface area contributed by atoms with Gasteiger partial charge in [0.2, 0.25) is 0 Å². The SMILES string of the molecule is CCOc1ccc(NC(=O)C(=O)Nc2ccc(N)cc2Cl)cc1OCC. The fourth-order valence-electron chi connectivity index (χ4n) is 2.13. The second-order valence-corrected chi connectivity index (χ2v) is 5.58. The van der Waals surface area contributed by atoms with Crippen LogP contribution >= 0.6 is 11.6 Å². The summed E-state index contributed by atoms with van der Waals surface area (Å²) in [5.74, 6) is -0.660. The van der Waals surface area contributed by atoms with Gasteiger partial charge >= 0.3 is 11.8 Å². The van der Waals surface area contributed by atoms with Gasteiger partial charge in [-0.3, -0.25) is 9.59 Å². The topological polar surface area (TPSA) is 103 Å². The molecule has 0 aromatic heterocycles. The van der Waals surface area contributed by atoms with E-state index in [1.54, 1.807) is 24.3 Å². The second kappa shape index (κ2) is 8.96. The van der Waals surface area contributed by atoms with E-state index in [0.29, 0.717) is 41.8 Å². The molecule has 0 fully saturated rings. The van der Waals surface area contributed by atoms with E-state index in [2.05, 4.69) is 10.6 Å². The molecule has 0 aliphatic rings. The summed E-state index contributed by atoms with van der Waals surface area (Å²) < 4.78 is 10.9. The number of amides is 2. The minimum atomic E-state index is -0.858. The highest BCUT2D eigenvalue weighted by Gasteiger charge is 2.16. The van der Waals surface area contributed by atoms with Gasteiger partial charge in [-0.1, -0.05) is 11.6 Å². The molecule has 138 valence electrons. The van der Waals surface area contributed by atoms with Crippen LogP contribution in [0.5, 0.6) is 11.5 Å². The van der Waals surface area contributed by atoms with E-state index in [9.17, 15) is 9.59 Å². The van der Waals surface area contributed by atoms with Crippen molar-refractivity contribution in [3.63, 3.8) is 0 Å². The number of anilines is 3. The van der Waals surface area contributed by atoms with E-state index in [-0.39, 0.29) is 5.02 Å². The molecule has 2 amide bonds. The number of ether oxygens (including phenoxy) is 2. The number of hydrogen-bond acceptors (Lipinski definition) is 5. The van der Waals surface area contributed by atoms with Gasteiger partial charge in [0.1, 0.15) is 0 Å². The van der Waals surface area contributed by atoms with Crippen LogP contribution in [-0.2, 0) is 9.59 Å². The second-order valence-electron chi connectivity index (χ2n) is 5.18. The highest BCUT2D eigenvalue weighted by Crippen LogP contribution is 2.30. The minimum Gasteiger partial charge on any atom is -0.490 e. The van der Waals surface area contributed by atoms with Gasteiger partial charge in [-0.2, -0.15) is 0 Å². The summed E-state index contributed by atoms with van der Waals surface area (Å²) in [7, 11) is 0. The molecule has 2 rings (SSSR count). The molecule has 8 heteroatoms. The van der Waals surface area contributed by atoms with E-state index < -0.39 is 11.8 Å². The third-order valence-corrected chi connectivity index (χ3v) is 3.56. The van der Waals surface area contributed by atoms with E-state index in [1.807, 2.05) is 13.8 Å². The molecule has 0 bridgehead atoms. The van der Waals surface area contributed by atoms with Gasteiger partial charge in [0, 0.05) is 17.4 Å². The molecular formula is C18H20ClN3O4. The van der Waals surface area contributed by atoms with E-state index in [1.165, 1.54) is 12.1 Å². The maximum atomic E-state index is 12.1. The average Bonchev–Trinajstić information content (AvgIpc) is 2.60. The third-order valence-electron chi connectivity index (χ3n) is 3.25. The first-order valence-electron chi connectivity index (χ1n) is 8.01. The number of rotatable bonds is 6. The van der Waals surface area contributed by atoms with Crippen molar-refractivity contribution >= 4 is 40.5 Å². The van der Waals surface area contributed by atoms with Crippen LogP contribution in [-0.4, -0.2) is 25.0 Å². The Morgan fingerprint density at radius 2 is 1.62 bits per heavy atom. The number of benzene rings is 2. The number of halogens is 1. The van der Waals surface area contributed by atoms with Gasteiger partial charge in [0.15, 0.2) is 11.5 Å². The molecule has 26 heavy (non-hydrogen) atoms. The molecular weight excluding hydrogens is 358 g/mol. The van der Waals surface area contributed by atoms with Gasteiger partial charge in [-0.05, 0) is 44.2 Å². The standard InChI is InChI=1S/C18H20ClN3O4/c1-3-25-15-8-6-12(10-16(15)26-4-2)21-17(23)18(24)22-14-7-5-11(20)9-13(14)19/h5-10H,3-4,20H2,1-2H3,(H,21,23)(H,22,24). The first kappa shape index (κ1) is 19.4. The van der Waals surface area contributed by atoms with Crippen molar-refractivity contribution < 1.29 is 19.1 Å². The number of carbonyl (C=O) groups is 2. The van der Waals surface area contributed by atoms with Crippen LogP contribution in [0, 0.1) is 0 Å². The predicted octanol–water partition coefficient (Wildman–Crippen LogP) is 3.30. The Hall–Kier alpha value is -2.93. The predicted molar refractivity (Wildman–Crippen MR) is 102 cm³/mol. The lowest BCUT2D eigenvalue weighted by Gasteiger charge is -2.13. The quantitative estimate of drug-likeness (QED) is 0.529. The normalized spacial score (nSPS) is 10.1. The summed E-state index contributed by atoms with van der Waals surface area (Å²) >= 11 is 5.98. The fourth-order valence-corrected chi connectivity index (χ4v) is 2.36. The minimum absolute atomic E-state index is 0.242.